The molecular weight excluding hydrogens is 374 g/mol. The van der Waals surface area contributed by atoms with E-state index in [2.05, 4.69) is 39.7 Å². The maximum atomic E-state index is 11.9. The molecule has 1 aliphatic heterocycles. The molecule has 2 unspecified atom stereocenters. The number of amides is 3. The van der Waals surface area contributed by atoms with Crippen LogP contribution in [-0.4, -0.2) is 55.3 Å². The number of morpholine rings is 1. The highest BCUT2D eigenvalue weighted by molar-refractivity contribution is 5.91. The van der Waals surface area contributed by atoms with Crippen LogP contribution in [0.15, 0.2) is 41.1 Å². The van der Waals surface area contributed by atoms with Crippen molar-refractivity contribution in [3.05, 3.63) is 48.0 Å². The molecule has 2 aromatic rings. The van der Waals surface area contributed by atoms with E-state index in [9.17, 15) is 9.59 Å². The summed E-state index contributed by atoms with van der Waals surface area (Å²) in [6.45, 7) is 6.72. The van der Waals surface area contributed by atoms with Gasteiger partial charge in [-0.25, -0.2) is 9.78 Å². The summed E-state index contributed by atoms with van der Waals surface area (Å²) in [4.78, 5) is 30.3. The lowest BCUT2D eigenvalue weighted by molar-refractivity contribution is -0.00546. The van der Waals surface area contributed by atoms with Gasteiger partial charge < -0.3 is 30.0 Å². The van der Waals surface area contributed by atoms with E-state index in [1.165, 1.54) is 6.26 Å². The summed E-state index contributed by atoms with van der Waals surface area (Å²) in [6.07, 6.45) is 3.55. The van der Waals surface area contributed by atoms with Gasteiger partial charge in [-0.2, -0.15) is 0 Å². The molecule has 3 amide bonds. The van der Waals surface area contributed by atoms with Crippen LogP contribution in [0.25, 0.3) is 0 Å². The first-order valence-electron chi connectivity index (χ1n) is 9.70. The van der Waals surface area contributed by atoms with Gasteiger partial charge >= 0.3 is 6.03 Å². The lowest BCUT2D eigenvalue weighted by Gasteiger charge is -2.36. The molecule has 0 bridgehead atoms. The quantitative estimate of drug-likeness (QED) is 0.607. The van der Waals surface area contributed by atoms with Crippen LogP contribution >= 0.6 is 0 Å². The van der Waals surface area contributed by atoms with Crippen molar-refractivity contribution < 1.29 is 18.7 Å². The van der Waals surface area contributed by atoms with Gasteiger partial charge in [0.25, 0.3) is 5.91 Å². The average Bonchev–Trinajstić information content (AvgIpc) is 3.24. The highest BCUT2D eigenvalue weighted by atomic mass is 16.5. The molecule has 3 heterocycles. The average molecular weight is 401 g/mol. The predicted octanol–water partition coefficient (Wildman–Crippen LogP) is 1.52. The van der Waals surface area contributed by atoms with Gasteiger partial charge in [0.1, 0.15) is 5.82 Å². The molecule has 0 saturated carbocycles. The molecule has 0 radical (unpaired) electrons. The number of hydrogen-bond donors (Lipinski definition) is 3. The Morgan fingerprint density at radius 1 is 1.10 bits per heavy atom. The standard InChI is InChI=1S/C20H27N5O4/c1-14-12-25(13-15(2)29-14)18-6-5-16(10-23-18)11-24-20(27)22-8-7-21-19(26)17-4-3-9-28-17/h3-6,9-10,14-15H,7-8,11-13H2,1-2H3,(H,21,26)(H2,22,24,27). The minimum atomic E-state index is -0.313. The summed E-state index contributed by atoms with van der Waals surface area (Å²) in [5, 5.41) is 8.12. The van der Waals surface area contributed by atoms with Crippen molar-refractivity contribution in [1.29, 1.82) is 0 Å². The molecule has 9 heteroatoms. The van der Waals surface area contributed by atoms with E-state index in [0.717, 1.165) is 24.5 Å². The number of anilines is 1. The maximum Gasteiger partial charge on any atom is 0.315 e. The number of furan rings is 1. The van der Waals surface area contributed by atoms with Gasteiger partial charge in [-0.3, -0.25) is 4.79 Å². The number of urea groups is 1. The Morgan fingerprint density at radius 2 is 1.86 bits per heavy atom. The molecule has 1 saturated heterocycles. The number of carbonyl (C=O) groups excluding carboxylic acids is 2. The minimum Gasteiger partial charge on any atom is -0.459 e. The van der Waals surface area contributed by atoms with Gasteiger partial charge in [0.15, 0.2) is 5.76 Å². The third kappa shape index (κ3) is 6.21. The monoisotopic (exact) mass is 401 g/mol. The predicted molar refractivity (Wildman–Crippen MR) is 108 cm³/mol. The molecule has 0 spiro atoms. The number of rotatable bonds is 7. The Labute approximate surface area is 169 Å². The second-order valence-corrected chi connectivity index (χ2v) is 7.03. The highest BCUT2D eigenvalue weighted by Gasteiger charge is 2.22. The Hall–Kier alpha value is -3.07. The fraction of sp³-hybridized carbons (Fsp3) is 0.450. The van der Waals surface area contributed by atoms with Crippen LogP contribution in [-0.2, 0) is 11.3 Å². The van der Waals surface area contributed by atoms with Gasteiger partial charge in [0.2, 0.25) is 0 Å². The van der Waals surface area contributed by atoms with Crippen molar-refractivity contribution >= 4 is 17.8 Å². The molecule has 0 aromatic carbocycles. The van der Waals surface area contributed by atoms with Crippen LogP contribution < -0.4 is 20.9 Å². The third-order valence-electron chi connectivity index (χ3n) is 4.45. The van der Waals surface area contributed by atoms with Crippen molar-refractivity contribution in [3.8, 4) is 0 Å². The smallest absolute Gasteiger partial charge is 0.315 e. The van der Waals surface area contributed by atoms with E-state index in [4.69, 9.17) is 9.15 Å². The van der Waals surface area contributed by atoms with Gasteiger partial charge in [0.05, 0.1) is 18.5 Å². The second-order valence-electron chi connectivity index (χ2n) is 7.03. The van der Waals surface area contributed by atoms with E-state index in [1.54, 1.807) is 18.3 Å². The molecule has 2 aromatic heterocycles. The summed E-state index contributed by atoms with van der Waals surface area (Å²) in [7, 11) is 0. The number of pyridine rings is 1. The lowest BCUT2D eigenvalue weighted by atomic mass is 10.2. The summed E-state index contributed by atoms with van der Waals surface area (Å²) >= 11 is 0. The van der Waals surface area contributed by atoms with Crippen LogP contribution in [0, 0.1) is 0 Å². The van der Waals surface area contributed by atoms with Crippen LogP contribution in [0.5, 0.6) is 0 Å². The van der Waals surface area contributed by atoms with Crippen molar-refractivity contribution in [2.24, 2.45) is 0 Å². The number of nitrogens with zero attached hydrogens (tertiary/aromatic N) is 2. The zero-order valence-electron chi connectivity index (χ0n) is 16.7. The molecule has 156 valence electrons. The largest absolute Gasteiger partial charge is 0.459 e. The van der Waals surface area contributed by atoms with Gasteiger partial charge in [-0.05, 0) is 37.6 Å². The number of nitrogens with one attached hydrogen (secondary N) is 3. The van der Waals surface area contributed by atoms with Crippen molar-refractivity contribution in [2.75, 3.05) is 31.1 Å². The van der Waals surface area contributed by atoms with E-state index < -0.39 is 0 Å². The maximum absolute atomic E-state index is 11.9. The number of ether oxygens (including phenoxy) is 1. The first-order valence-corrected chi connectivity index (χ1v) is 9.70. The molecule has 2 atom stereocenters. The highest BCUT2D eigenvalue weighted by Crippen LogP contribution is 2.18. The van der Waals surface area contributed by atoms with Crippen molar-refractivity contribution in [1.82, 2.24) is 20.9 Å². The van der Waals surface area contributed by atoms with Crippen LogP contribution in [0.4, 0.5) is 10.6 Å². The molecule has 3 rings (SSSR count). The fourth-order valence-electron chi connectivity index (χ4n) is 3.17. The van der Waals surface area contributed by atoms with Gasteiger partial charge in [-0.1, -0.05) is 6.07 Å². The number of aromatic nitrogens is 1. The molecule has 0 aliphatic carbocycles. The first kappa shape index (κ1) is 20.7. The van der Waals surface area contributed by atoms with E-state index >= 15 is 0 Å². The van der Waals surface area contributed by atoms with Gasteiger partial charge in [0, 0.05) is 38.9 Å². The summed E-state index contributed by atoms with van der Waals surface area (Å²) in [6, 6.07) is 6.83. The number of carbonyl (C=O) groups is 2. The normalized spacial score (nSPS) is 18.9. The number of hydrogen-bond acceptors (Lipinski definition) is 6. The second kappa shape index (κ2) is 9.92. The van der Waals surface area contributed by atoms with Crippen molar-refractivity contribution in [3.63, 3.8) is 0 Å². The summed E-state index contributed by atoms with van der Waals surface area (Å²) in [5.74, 6) is 0.839. The van der Waals surface area contributed by atoms with Crippen LogP contribution in [0.3, 0.4) is 0 Å². The molecular formula is C20H27N5O4. The summed E-state index contributed by atoms with van der Waals surface area (Å²) in [5.41, 5.74) is 0.907. The Bertz CT molecular complexity index is 784. The Balaban J connectivity index is 1.35. The summed E-state index contributed by atoms with van der Waals surface area (Å²) < 4.78 is 10.7. The molecule has 1 fully saturated rings. The van der Waals surface area contributed by atoms with Crippen molar-refractivity contribution in [2.45, 2.75) is 32.6 Å². The Morgan fingerprint density at radius 3 is 2.52 bits per heavy atom. The molecule has 9 nitrogen and oxygen atoms in total. The Kier molecular flexibility index (Phi) is 7.07. The topological polar surface area (TPSA) is 109 Å². The van der Waals surface area contributed by atoms with E-state index in [0.29, 0.717) is 19.6 Å². The fourth-order valence-corrected chi connectivity index (χ4v) is 3.17. The van der Waals surface area contributed by atoms with Gasteiger partial charge in [-0.15, -0.1) is 0 Å². The zero-order valence-corrected chi connectivity index (χ0v) is 16.7. The van der Waals surface area contributed by atoms with Crippen LogP contribution in [0.1, 0.15) is 30.0 Å². The lowest BCUT2D eigenvalue weighted by Crippen LogP contribution is -2.45. The molecule has 29 heavy (non-hydrogen) atoms. The zero-order chi connectivity index (χ0) is 20.6. The minimum absolute atomic E-state index is 0.175. The SMILES string of the molecule is CC1CN(c2ccc(CNC(=O)NCCNC(=O)c3ccco3)cn2)CC(C)O1. The molecule has 3 N–H and O–H groups in total. The molecule has 1 aliphatic rings. The van der Waals surface area contributed by atoms with E-state index in [1.807, 2.05) is 12.1 Å². The third-order valence-corrected chi connectivity index (χ3v) is 4.45. The van der Waals surface area contributed by atoms with E-state index in [-0.39, 0.29) is 29.9 Å². The van der Waals surface area contributed by atoms with Crippen LogP contribution in [0.2, 0.25) is 0 Å². The first-order chi connectivity index (χ1) is 14.0.